The Hall–Kier alpha value is -0.840. The molecule has 0 saturated heterocycles. The summed E-state index contributed by atoms with van der Waals surface area (Å²) in [5.74, 6) is -3.84. The summed E-state index contributed by atoms with van der Waals surface area (Å²) >= 11 is 2.56. The molecule has 2 N–H and O–H groups in total. The summed E-state index contributed by atoms with van der Waals surface area (Å²) < 4.78 is 24.3. The second-order valence-corrected chi connectivity index (χ2v) is 2.65. The van der Waals surface area contributed by atoms with E-state index in [0.29, 0.717) is 6.07 Å². The third-order valence-electron chi connectivity index (χ3n) is 1.12. The van der Waals surface area contributed by atoms with E-state index in [1.54, 1.807) is 0 Å². The third-order valence-corrected chi connectivity index (χ3v) is 1.84. The largest absolute Gasteiger partial charge is 0.504 e. The normalized spacial score (nSPS) is 10.1. The van der Waals surface area contributed by atoms with E-state index in [4.69, 9.17) is 10.2 Å². The Kier molecular flexibility index (Phi) is 1.99. The summed E-state index contributed by atoms with van der Waals surface area (Å²) in [6, 6.07) is 0.495. The molecule has 1 rings (SSSR count). The second kappa shape index (κ2) is 2.65. The van der Waals surface area contributed by atoms with Gasteiger partial charge in [0.25, 0.3) is 0 Å². The van der Waals surface area contributed by atoms with Gasteiger partial charge in [0.2, 0.25) is 0 Å². The van der Waals surface area contributed by atoms with Gasteiger partial charge in [0, 0.05) is 6.07 Å². The van der Waals surface area contributed by atoms with Gasteiger partial charge in [-0.1, -0.05) is 0 Å². The van der Waals surface area contributed by atoms with E-state index in [2.05, 4.69) is 15.9 Å². The molecular formula is C6H3BrF2O2. The average Bonchev–Trinajstić information content (AvgIpc) is 1.97. The molecule has 0 aliphatic heterocycles. The molecule has 60 valence electrons. The minimum absolute atomic E-state index is 0.477. The van der Waals surface area contributed by atoms with Crippen molar-refractivity contribution in [3.05, 3.63) is 22.2 Å². The predicted octanol–water partition coefficient (Wildman–Crippen LogP) is 2.14. The molecule has 0 amide bonds. The molecule has 0 aliphatic rings. The number of halogens is 3. The lowest BCUT2D eigenvalue weighted by molar-refractivity contribution is 0.386. The van der Waals surface area contributed by atoms with Crippen LogP contribution >= 0.6 is 15.9 Å². The van der Waals surface area contributed by atoms with Gasteiger partial charge in [-0.2, -0.15) is 0 Å². The molecule has 5 heteroatoms. The van der Waals surface area contributed by atoms with E-state index >= 15 is 0 Å². The molecule has 0 aliphatic carbocycles. The van der Waals surface area contributed by atoms with E-state index in [1.165, 1.54) is 0 Å². The maximum atomic E-state index is 12.5. The van der Waals surface area contributed by atoms with Gasteiger partial charge >= 0.3 is 0 Å². The monoisotopic (exact) mass is 224 g/mol. The molecule has 0 fully saturated rings. The van der Waals surface area contributed by atoms with Crippen molar-refractivity contribution in [3.63, 3.8) is 0 Å². The van der Waals surface area contributed by atoms with E-state index in [9.17, 15) is 8.78 Å². The molecule has 1 aromatic carbocycles. The number of phenols is 2. The van der Waals surface area contributed by atoms with Gasteiger partial charge in [-0.3, -0.25) is 0 Å². The first-order chi connectivity index (χ1) is 5.04. The van der Waals surface area contributed by atoms with Gasteiger partial charge in [0.1, 0.15) is 4.47 Å². The quantitative estimate of drug-likeness (QED) is 0.524. The molecule has 0 heterocycles. The van der Waals surface area contributed by atoms with Crippen LogP contribution in [0.25, 0.3) is 0 Å². The smallest absolute Gasteiger partial charge is 0.177 e. The van der Waals surface area contributed by atoms with Gasteiger partial charge in [0.05, 0.1) is 0 Å². The van der Waals surface area contributed by atoms with E-state index in [1.807, 2.05) is 0 Å². The number of hydrogen-bond donors (Lipinski definition) is 2. The molecule has 11 heavy (non-hydrogen) atoms. The first kappa shape index (κ1) is 8.26. The van der Waals surface area contributed by atoms with Crippen LogP contribution in [-0.2, 0) is 0 Å². The minimum atomic E-state index is -1.22. The van der Waals surface area contributed by atoms with Crippen LogP contribution in [0.2, 0.25) is 0 Å². The van der Waals surface area contributed by atoms with Crippen LogP contribution in [0.5, 0.6) is 11.5 Å². The van der Waals surface area contributed by atoms with Crippen LogP contribution in [0.3, 0.4) is 0 Å². The zero-order valence-electron chi connectivity index (χ0n) is 5.11. The van der Waals surface area contributed by atoms with Crippen molar-refractivity contribution in [1.29, 1.82) is 0 Å². The second-order valence-electron chi connectivity index (χ2n) is 1.85. The Labute approximate surface area is 69.2 Å². The van der Waals surface area contributed by atoms with Crippen LogP contribution in [0, 0.1) is 11.6 Å². The van der Waals surface area contributed by atoms with Gasteiger partial charge in [-0.25, -0.2) is 8.78 Å². The Bertz CT molecular complexity index is 275. The maximum absolute atomic E-state index is 12.5. The fourth-order valence-corrected chi connectivity index (χ4v) is 0.966. The topological polar surface area (TPSA) is 40.5 Å². The van der Waals surface area contributed by atoms with Crippen molar-refractivity contribution in [2.75, 3.05) is 0 Å². The number of hydrogen-bond acceptors (Lipinski definition) is 2. The van der Waals surface area contributed by atoms with Crippen LogP contribution < -0.4 is 0 Å². The number of phenolic OH excluding ortho intramolecular Hbond substituents is 2. The van der Waals surface area contributed by atoms with Gasteiger partial charge < -0.3 is 10.2 Å². The first-order valence-corrected chi connectivity index (χ1v) is 3.38. The highest BCUT2D eigenvalue weighted by Crippen LogP contribution is 2.36. The number of aromatic hydroxyl groups is 2. The summed E-state index contributed by atoms with van der Waals surface area (Å²) in [4.78, 5) is 0. The van der Waals surface area contributed by atoms with E-state index in [-0.39, 0.29) is 0 Å². The van der Waals surface area contributed by atoms with E-state index in [0.717, 1.165) is 0 Å². The van der Waals surface area contributed by atoms with Crippen molar-refractivity contribution < 1.29 is 19.0 Å². The van der Waals surface area contributed by atoms with E-state index < -0.39 is 27.6 Å². The van der Waals surface area contributed by atoms with Crippen molar-refractivity contribution in [1.82, 2.24) is 0 Å². The third kappa shape index (κ3) is 1.28. The van der Waals surface area contributed by atoms with Crippen LogP contribution in [0.15, 0.2) is 10.5 Å². The zero-order valence-corrected chi connectivity index (χ0v) is 6.69. The molecule has 2 nitrogen and oxygen atoms in total. The summed E-state index contributed by atoms with van der Waals surface area (Å²) in [6.07, 6.45) is 0. The highest BCUT2D eigenvalue weighted by atomic mass is 79.9. The maximum Gasteiger partial charge on any atom is 0.177 e. The lowest BCUT2D eigenvalue weighted by Crippen LogP contribution is -1.85. The first-order valence-electron chi connectivity index (χ1n) is 2.59. The lowest BCUT2D eigenvalue weighted by Gasteiger charge is -2.01. The SMILES string of the molecule is Oc1cc(F)c(F)c(Br)c1O. The molecule has 1 aromatic rings. The summed E-state index contributed by atoms with van der Waals surface area (Å²) in [7, 11) is 0. The predicted molar refractivity (Wildman–Crippen MR) is 37.4 cm³/mol. The average molecular weight is 225 g/mol. The number of benzene rings is 1. The molecule has 0 radical (unpaired) electrons. The molecule has 0 saturated carbocycles. The molecule has 0 aromatic heterocycles. The van der Waals surface area contributed by atoms with Gasteiger partial charge in [-0.15, -0.1) is 0 Å². The molecule has 0 spiro atoms. The fourth-order valence-electron chi connectivity index (χ4n) is 0.573. The Morgan fingerprint density at radius 2 is 1.82 bits per heavy atom. The van der Waals surface area contributed by atoms with Gasteiger partial charge in [-0.05, 0) is 15.9 Å². The standard InChI is InChI=1S/C6H3BrF2O2/c7-4-5(9)2(8)1-3(10)6(4)11/h1,10-11H. The minimum Gasteiger partial charge on any atom is -0.504 e. The molecule has 0 bridgehead atoms. The highest BCUT2D eigenvalue weighted by molar-refractivity contribution is 9.10. The van der Waals surface area contributed by atoms with Crippen molar-refractivity contribution in [3.8, 4) is 11.5 Å². The zero-order chi connectivity index (χ0) is 8.59. The van der Waals surface area contributed by atoms with Crippen molar-refractivity contribution in [2.24, 2.45) is 0 Å². The van der Waals surface area contributed by atoms with Crippen molar-refractivity contribution in [2.45, 2.75) is 0 Å². The van der Waals surface area contributed by atoms with Crippen LogP contribution in [-0.4, -0.2) is 10.2 Å². The number of rotatable bonds is 0. The lowest BCUT2D eigenvalue weighted by atomic mass is 10.3. The Balaban J connectivity index is 3.46. The van der Waals surface area contributed by atoms with Crippen LogP contribution in [0.1, 0.15) is 0 Å². The van der Waals surface area contributed by atoms with Crippen molar-refractivity contribution >= 4 is 15.9 Å². The van der Waals surface area contributed by atoms with Gasteiger partial charge in [0.15, 0.2) is 23.1 Å². The molecule has 0 unspecified atom stereocenters. The Morgan fingerprint density at radius 3 is 2.36 bits per heavy atom. The van der Waals surface area contributed by atoms with Crippen LogP contribution in [0.4, 0.5) is 8.78 Å². The summed E-state index contributed by atoms with van der Waals surface area (Å²) in [5.41, 5.74) is 0. The molecule has 0 atom stereocenters. The molecular weight excluding hydrogens is 222 g/mol. The Morgan fingerprint density at radius 1 is 1.27 bits per heavy atom. The fraction of sp³-hybridized carbons (Fsp3) is 0. The summed E-state index contributed by atoms with van der Waals surface area (Å²) in [5, 5.41) is 17.5. The summed E-state index contributed by atoms with van der Waals surface area (Å²) in [6.45, 7) is 0. The highest BCUT2D eigenvalue weighted by Gasteiger charge is 2.14.